The van der Waals surface area contributed by atoms with E-state index in [2.05, 4.69) is 31.3 Å². The molecule has 21 heavy (non-hydrogen) atoms. The molecule has 0 bridgehead atoms. The number of rotatable bonds is 7. The van der Waals surface area contributed by atoms with E-state index in [0.29, 0.717) is 12.5 Å². The van der Waals surface area contributed by atoms with Crippen LogP contribution < -0.4 is 5.32 Å². The highest BCUT2D eigenvalue weighted by Gasteiger charge is 2.02. The zero-order chi connectivity index (χ0) is 15.7. The molecule has 1 rings (SSSR count). The molecule has 114 valence electrons. The predicted octanol–water partition coefficient (Wildman–Crippen LogP) is 2.89. The summed E-state index contributed by atoms with van der Waals surface area (Å²) in [6, 6.07) is 8.08. The number of carbonyl (C=O) groups is 2. The van der Waals surface area contributed by atoms with Crippen molar-refractivity contribution in [3.8, 4) is 0 Å². The van der Waals surface area contributed by atoms with Crippen LogP contribution >= 0.6 is 0 Å². The lowest BCUT2D eigenvalue weighted by Crippen LogP contribution is -2.24. The maximum atomic E-state index is 11.6. The smallest absolute Gasteiger partial charge is 0.307 e. The standard InChI is InChI=1S/C17H23NO3/c1-4-21-17(20)11-12-18-16(19)10-7-14-5-8-15(9-6-14)13(2)3/h5-10,13H,4,11-12H2,1-3H3,(H,18,19)/b10-7+. The number of hydrogen-bond acceptors (Lipinski definition) is 3. The van der Waals surface area contributed by atoms with Crippen molar-refractivity contribution in [3.63, 3.8) is 0 Å². The topological polar surface area (TPSA) is 55.4 Å². The molecule has 0 heterocycles. The van der Waals surface area contributed by atoms with E-state index in [9.17, 15) is 9.59 Å². The first-order valence-corrected chi connectivity index (χ1v) is 7.24. The molecule has 1 aromatic carbocycles. The lowest BCUT2D eigenvalue weighted by Gasteiger charge is -2.05. The van der Waals surface area contributed by atoms with Gasteiger partial charge in [-0.3, -0.25) is 9.59 Å². The van der Waals surface area contributed by atoms with E-state index in [0.717, 1.165) is 5.56 Å². The summed E-state index contributed by atoms with van der Waals surface area (Å²) in [5, 5.41) is 2.65. The summed E-state index contributed by atoms with van der Waals surface area (Å²) < 4.78 is 4.78. The molecule has 0 aromatic heterocycles. The van der Waals surface area contributed by atoms with Gasteiger partial charge in [0.15, 0.2) is 0 Å². The van der Waals surface area contributed by atoms with Crippen LogP contribution in [0.2, 0.25) is 0 Å². The fraction of sp³-hybridized carbons (Fsp3) is 0.412. The molecule has 0 aliphatic rings. The molecule has 0 unspecified atom stereocenters. The third-order valence-electron chi connectivity index (χ3n) is 2.96. The number of esters is 1. The molecule has 0 atom stereocenters. The van der Waals surface area contributed by atoms with E-state index < -0.39 is 0 Å². The minimum atomic E-state index is -0.300. The Morgan fingerprint density at radius 2 is 1.90 bits per heavy atom. The van der Waals surface area contributed by atoms with Crippen LogP contribution in [-0.2, 0) is 14.3 Å². The Bertz CT molecular complexity index is 489. The van der Waals surface area contributed by atoms with E-state index in [1.165, 1.54) is 11.6 Å². The summed E-state index contributed by atoms with van der Waals surface area (Å²) in [6.07, 6.45) is 3.41. The molecule has 0 saturated carbocycles. The Labute approximate surface area is 126 Å². The molecule has 0 radical (unpaired) electrons. The number of benzene rings is 1. The molecule has 0 saturated heterocycles. The molecular formula is C17H23NO3. The average Bonchev–Trinajstić information content (AvgIpc) is 2.46. The number of nitrogens with one attached hydrogen (secondary N) is 1. The zero-order valence-corrected chi connectivity index (χ0v) is 12.9. The first-order valence-electron chi connectivity index (χ1n) is 7.24. The van der Waals surface area contributed by atoms with Gasteiger partial charge < -0.3 is 10.1 Å². The van der Waals surface area contributed by atoms with Crippen LogP contribution in [0.25, 0.3) is 6.08 Å². The van der Waals surface area contributed by atoms with Crippen molar-refractivity contribution in [3.05, 3.63) is 41.5 Å². The van der Waals surface area contributed by atoms with Crippen molar-refractivity contribution in [1.82, 2.24) is 5.32 Å². The maximum Gasteiger partial charge on any atom is 0.307 e. The minimum absolute atomic E-state index is 0.191. The van der Waals surface area contributed by atoms with Crippen molar-refractivity contribution in [1.29, 1.82) is 0 Å². The highest BCUT2D eigenvalue weighted by molar-refractivity contribution is 5.91. The van der Waals surface area contributed by atoms with Gasteiger partial charge in [0.05, 0.1) is 13.0 Å². The van der Waals surface area contributed by atoms with Gasteiger partial charge in [0.2, 0.25) is 5.91 Å². The van der Waals surface area contributed by atoms with Crippen LogP contribution in [0.4, 0.5) is 0 Å². The molecule has 0 aliphatic heterocycles. The van der Waals surface area contributed by atoms with Crippen LogP contribution in [0.5, 0.6) is 0 Å². The van der Waals surface area contributed by atoms with Gasteiger partial charge in [-0.05, 0) is 30.0 Å². The summed E-state index contributed by atoms with van der Waals surface area (Å²) in [7, 11) is 0. The molecule has 0 fully saturated rings. The van der Waals surface area contributed by atoms with Crippen LogP contribution in [0.3, 0.4) is 0 Å². The predicted molar refractivity (Wildman–Crippen MR) is 83.8 cm³/mol. The summed E-state index contributed by atoms with van der Waals surface area (Å²) in [4.78, 5) is 22.7. The summed E-state index contributed by atoms with van der Waals surface area (Å²) in [5.74, 6) is -0.0208. The van der Waals surface area contributed by atoms with Gasteiger partial charge in [-0.1, -0.05) is 38.1 Å². The van der Waals surface area contributed by atoms with E-state index in [-0.39, 0.29) is 24.8 Å². The van der Waals surface area contributed by atoms with Crippen LogP contribution in [0.1, 0.15) is 44.2 Å². The second-order valence-electron chi connectivity index (χ2n) is 5.00. The second-order valence-corrected chi connectivity index (χ2v) is 5.00. The summed E-state index contributed by atoms with van der Waals surface area (Å²) >= 11 is 0. The Morgan fingerprint density at radius 1 is 1.24 bits per heavy atom. The van der Waals surface area contributed by atoms with E-state index in [1.807, 2.05) is 12.1 Å². The first-order chi connectivity index (χ1) is 10.0. The molecule has 4 heteroatoms. The van der Waals surface area contributed by atoms with E-state index >= 15 is 0 Å². The third-order valence-corrected chi connectivity index (χ3v) is 2.96. The highest BCUT2D eigenvalue weighted by Crippen LogP contribution is 2.15. The van der Waals surface area contributed by atoms with E-state index in [4.69, 9.17) is 4.74 Å². The average molecular weight is 289 g/mol. The quantitative estimate of drug-likeness (QED) is 0.620. The zero-order valence-electron chi connectivity index (χ0n) is 12.9. The van der Waals surface area contributed by atoms with Crippen LogP contribution in [-0.4, -0.2) is 25.0 Å². The van der Waals surface area contributed by atoms with Crippen LogP contribution in [0, 0.1) is 0 Å². The van der Waals surface area contributed by atoms with Crippen molar-refractivity contribution < 1.29 is 14.3 Å². The fourth-order valence-electron chi connectivity index (χ4n) is 1.74. The monoisotopic (exact) mass is 289 g/mol. The summed E-state index contributed by atoms with van der Waals surface area (Å²) in [6.45, 7) is 6.68. The van der Waals surface area contributed by atoms with Gasteiger partial charge in [-0.2, -0.15) is 0 Å². The Morgan fingerprint density at radius 3 is 2.48 bits per heavy atom. The normalized spacial score (nSPS) is 10.9. The second kappa shape index (κ2) is 8.95. The van der Waals surface area contributed by atoms with E-state index in [1.54, 1.807) is 13.0 Å². The Balaban J connectivity index is 2.38. The lowest BCUT2D eigenvalue weighted by molar-refractivity contribution is -0.142. The van der Waals surface area contributed by atoms with Crippen molar-refractivity contribution in [2.75, 3.05) is 13.2 Å². The minimum Gasteiger partial charge on any atom is -0.466 e. The van der Waals surface area contributed by atoms with Gasteiger partial charge in [-0.25, -0.2) is 0 Å². The molecule has 0 aliphatic carbocycles. The van der Waals surface area contributed by atoms with Gasteiger partial charge in [0.1, 0.15) is 0 Å². The molecule has 1 aromatic rings. The third kappa shape index (κ3) is 6.75. The fourth-order valence-corrected chi connectivity index (χ4v) is 1.74. The van der Waals surface area contributed by atoms with Crippen molar-refractivity contribution >= 4 is 18.0 Å². The van der Waals surface area contributed by atoms with Gasteiger partial charge >= 0.3 is 5.97 Å². The molecule has 4 nitrogen and oxygen atoms in total. The Kier molecular flexibility index (Phi) is 7.23. The van der Waals surface area contributed by atoms with Gasteiger partial charge in [-0.15, -0.1) is 0 Å². The largest absolute Gasteiger partial charge is 0.466 e. The molecule has 1 amide bonds. The SMILES string of the molecule is CCOC(=O)CCNC(=O)/C=C/c1ccc(C(C)C)cc1. The number of carbonyl (C=O) groups excluding carboxylic acids is 2. The highest BCUT2D eigenvalue weighted by atomic mass is 16.5. The number of amides is 1. The summed E-state index contributed by atoms with van der Waals surface area (Å²) in [5.41, 5.74) is 2.24. The number of hydrogen-bond donors (Lipinski definition) is 1. The molecular weight excluding hydrogens is 266 g/mol. The lowest BCUT2D eigenvalue weighted by atomic mass is 10.0. The first kappa shape index (κ1) is 17.0. The molecule has 1 N–H and O–H groups in total. The van der Waals surface area contributed by atoms with Crippen molar-refractivity contribution in [2.24, 2.45) is 0 Å². The number of ether oxygens (including phenoxy) is 1. The van der Waals surface area contributed by atoms with Crippen molar-refractivity contribution in [2.45, 2.75) is 33.1 Å². The Hall–Kier alpha value is -2.10. The van der Waals surface area contributed by atoms with Gasteiger partial charge in [0.25, 0.3) is 0 Å². The maximum absolute atomic E-state index is 11.6. The molecule has 0 spiro atoms. The van der Waals surface area contributed by atoms with Crippen LogP contribution in [0.15, 0.2) is 30.3 Å². The van der Waals surface area contributed by atoms with Gasteiger partial charge in [0, 0.05) is 12.6 Å².